The number of methoxy groups -OCH3 is 1. The van der Waals surface area contributed by atoms with Crippen LogP contribution in [0.15, 0.2) is 36.4 Å². The number of rotatable bonds is 8. The molecule has 140 valence electrons. The van der Waals surface area contributed by atoms with Gasteiger partial charge in [-0.1, -0.05) is 35.3 Å². The highest BCUT2D eigenvalue weighted by atomic mass is 35.5. The lowest BCUT2D eigenvalue weighted by Gasteiger charge is -2.15. The predicted molar refractivity (Wildman–Crippen MR) is 104 cm³/mol. The molecule has 0 bridgehead atoms. The number of halogens is 2. The zero-order chi connectivity index (χ0) is 18.4. The van der Waals surface area contributed by atoms with E-state index in [2.05, 4.69) is 5.32 Å². The third kappa shape index (κ3) is 5.04. The van der Waals surface area contributed by atoms with Crippen molar-refractivity contribution in [1.29, 1.82) is 0 Å². The van der Waals surface area contributed by atoms with Gasteiger partial charge in [-0.05, 0) is 42.7 Å². The zero-order valence-corrected chi connectivity index (χ0v) is 16.3. The van der Waals surface area contributed by atoms with Gasteiger partial charge in [0, 0.05) is 35.3 Å². The fraction of sp³-hybridized carbons (Fsp3) is 0.400. The van der Waals surface area contributed by atoms with Gasteiger partial charge in [0.25, 0.3) is 0 Å². The van der Waals surface area contributed by atoms with Gasteiger partial charge in [0.1, 0.15) is 6.61 Å². The van der Waals surface area contributed by atoms with Crippen LogP contribution < -0.4 is 14.8 Å². The van der Waals surface area contributed by atoms with Crippen LogP contribution in [-0.2, 0) is 17.9 Å². The second kappa shape index (κ2) is 9.47. The van der Waals surface area contributed by atoms with E-state index in [4.69, 9.17) is 37.4 Å². The lowest BCUT2D eigenvalue weighted by molar-refractivity contribution is 0.110. The molecule has 1 unspecified atom stereocenters. The highest BCUT2D eigenvalue weighted by Crippen LogP contribution is 2.31. The second-order valence-corrected chi connectivity index (χ2v) is 7.05. The van der Waals surface area contributed by atoms with Crippen LogP contribution in [0.5, 0.6) is 11.5 Å². The van der Waals surface area contributed by atoms with E-state index in [-0.39, 0.29) is 6.61 Å². The van der Waals surface area contributed by atoms with Gasteiger partial charge in [-0.15, -0.1) is 0 Å². The molecule has 0 radical (unpaired) electrons. The summed E-state index contributed by atoms with van der Waals surface area (Å²) in [6.07, 6.45) is 2.62. The number of benzene rings is 2. The minimum Gasteiger partial charge on any atom is -0.493 e. The van der Waals surface area contributed by atoms with E-state index >= 15 is 0 Å². The molecule has 4 nitrogen and oxygen atoms in total. The van der Waals surface area contributed by atoms with Crippen molar-refractivity contribution in [3.8, 4) is 11.5 Å². The molecule has 2 aromatic rings. The zero-order valence-electron chi connectivity index (χ0n) is 14.8. The van der Waals surface area contributed by atoms with Crippen molar-refractivity contribution in [3.05, 3.63) is 57.6 Å². The fourth-order valence-corrected chi connectivity index (χ4v) is 3.45. The Kier molecular flexibility index (Phi) is 7.03. The van der Waals surface area contributed by atoms with Crippen LogP contribution in [0.25, 0.3) is 0 Å². The average molecular weight is 396 g/mol. The first-order chi connectivity index (χ1) is 12.7. The minimum absolute atomic E-state index is 0.283. The Morgan fingerprint density at radius 1 is 1.15 bits per heavy atom. The molecule has 3 rings (SSSR count). The van der Waals surface area contributed by atoms with E-state index in [9.17, 15) is 0 Å². The molecule has 0 saturated carbocycles. The maximum absolute atomic E-state index is 6.19. The summed E-state index contributed by atoms with van der Waals surface area (Å²) in [5, 5.41) is 4.61. The van der Waals surface area contributed by atoms with Gasteiger partial charge >= 0.3 is 0 Å². The normalized spacial score (nSPS) is 16.7. The number of hydrogen-bond acceptors (Lipinski definition) is 4. The molecule has 1 fully saturated rings. The van der Waals surface area contributed by atoms with Crippen molar-refractivity contribution in [2.45, 2.75) is 32.1 Å². The van der Waals surface area contributed by atoms with E-state index in [0.29, 0.717) is 27.6 Å². The van der Waals surface area contributed by atoms with Crippen LogP contribution >= 0.6 is 23.2 Å². The summed E-state index contributed by atoms with van der Waals surface area (Å²) >= 11 is 12.4. The van der Waals surface area contributed by atoms with Crippen molar-refractivity contribution in [1.82, 2.24) is 5.32 Å². The molecule has 1 atom stereocenters. The molecular weight excluding hydrogens is 373 g/mol. The molecule has 1 N–H and O–H groups in total. The van der Waals surface area contributed by atoms with E-state index in [1.165, 1.54) is 0 Å². The molecule has 0 aliphatic carbocycles. The third-order valence-electron chi connectivity index (χ3n) is 4.39. The topological polar surface area (TPSA) is 39.7 Å². The first-order valence-electron chi connectivity index (χ1n) is 8.72. The first kappa shape index (κ1) is 19.3. The van der Waals surface area contributed by atoms with Crippen LogP contribution in [0.3, 0.4) is 0 Å². The van der Waals surface area contributed by atoms with E-state index < -0.39 is 0 Å². The van der Waals surface area contributed by atoms with Gasteiger partial charge in [-0.2, -0.15) is 0 Å². The minimum atomic E-state index is 0.283. The van der Waals surface area contributed by atoms with Gasteiger partial charge < -0.3 is 19.5 Å². The van der Waals surface area contributed by atoms with Crippen LogP contribution in [-0.4, -0.2) is 26.4 Å². The largest absolute Gasteiger partial charge is 0.493 e. The lowest BCUT2D eigenvalue weighted by Crippen LogP contribution is -2.25. The van der Waals surface area contributed by atoms with Crippen molar-refractivity contribution < 1.29 is 14.2 Å². The summed E-state index contributed by atoms with van der Waals surface area (Å²) in [6, 6.07) is 11.3. The van der Waals surface area contributed by atoms with Crippen molar-refractivity contribution in [2.75, 3.05) is 20.3 Å². The quantitative estimate of drug-likeness (QED) is 0.693. The Labute approximate surface area is 164 Å². The van der Waals surface area contributed by atoms with Crippen LogP contribution in [0.4, 0.5) is 0 Å². The molecule has 1 aliphatic heterocycles. The van der Waals surface area contributed by atoms with Crippen molar-refractivity contribution in [3.63, 3.8) is 0 Å². The summed E-state index contributed by atoms with van der Waals surface area (Å²) in [5.74, 6) is 1.34. The molecule has 6 heteroatoms. The maximum atomic E-state index is 6.19. The highest BCUT2D eigenvalue weighted by molar-refractivity contribution is 6.35. The molecule has 1 aliphatic rings. The summed E-state index contributed by atoms with van der Waals surface area (Å²) < 4.78 is 17.0. The van der Waals surface area contributed by atoms with Crippen LogP contribution in [0.2, 0.25) is 10.0 Å². The molecule has 0 aromatic heterocycles. The Balaban J connectivity index is 1.59. The van der Waals surface area contributed by atoms with Crippen LogP contribution in [0.1, 0.15) is 24.0 Å². The number of hydrogen-bond donors (Lipinski definition) is 1. The smallest absolute Gasteiger partial charge is 0.161 e. The molecule has 1 heterocycles. The lowest BCUT2D eigenvalue weighted by atomic mass is 10.2. The van der Waals surface area contributed by atoms with E-state index in [1.807, 2.05) is 24.3 Å². The molecule has 0 spiro atoms. The maximum Gasteiger partial charge on any atom is 0.161 e. The van der Waals surface area contributed by atoms with Crippen LogP contribution in [0, 0.1) is 0 Å². The van der Waals surface area contributed by atoms with Gasteiger partial charge in [-0.3, -0.25) is 0 Å². The SMILES string of the molecule is COc1cc(CNCC2CCCO2)ccc1OCc1c(Cl)cccc1Cl. The predicted octanol–water partition coefficient (Wildman–Crippen LogP) is 4.85. The van der Waals surface area contributed by atoms with Gasteiger partial charge in [0.05, 0.1) is 13.2 Å². The Morgan fingerprint density at radius 3 is 2.65 bits per heavy atom. The van der Waals surface area contributed by atoms with E-state index in [0.717, 1.165) is 43.7 Å². The van der Waals surface area contributed by atoms with Crippen molar-refractivity contribution in [2.24, 2.45) is 0 Å². The highest BCUT2D eigenvalue weighted by Gasteiger charge is 2.15. The summed E-state index contributed by atoms with van der Waals surface area (Å²) in [7, 11) is 1.63. The van der Waals surface area contributed by atoms with E-state index in [1.54, 1.807) is 19.2 Å². The summed E-state index contributed by atoms with van der Waals surface area (Å²) in [6.45, 7) is 2.78. The number of ether oxygens (including phenoxy) is 3. The van der Waals surface area contributed by atoms with Gasteiger partial charge in [-0.25, -0.2) is 0 Å². The third-order valence-corrected chi connectivity index (χ3v) is 5.10. The Morgan fingerprint density at radius 2 is 1.96 bits per heavy atom. The monoisotopic (exact) mass is 395 g/mol. The first-order valence-corrected chi connectivity index (χ1v) is 9.48. The fourth-order valence-electron chi connectivity index (χ4n) is 2.94. The second-order valence-electron chi connectivity index (χ2n) is 6.24. The molecule has 0 amide bonds. The summed E-state index contributed by atoms with van der Waals surface area (Å²) in [4.78, 5) is 0. The Bertz CT molecular complexity index is 713. The molecule has 26 heavy (non-hydrogen) atoms. The molecular formula is C20H23Cl2NO3. The standard InChI is InChI=1S/C20H23Cl2NO3/c1-24-20-10-14(11-23-12-15-4-3-9-25-15)7-8-19(20)26-13-16-17(21)5-2-6-18(16)22/h2,5-8,10,15,23H,3-4,9,11-13H2,1H3. The average Bonchev–Trinajstić information content (AvgIpc) is 3.15. The van der Waals surface area contributed by atoms with Crippen molar-refractivity contribution >= 4 is 23.2 Å². The Hall–Kier alpha value is -1.46. The van der Waals surface area contributed by atoms with Gasteiger partial charge in [0.2, 0.25) is 0 Å². The summed E-state index contributed by atoms with van der Waals surface area (Å²) in [5.41, 5.74) is 1.89. The molecule has 1 saturated heterocycles. The number of nitrogens with one attached hydrogen (secondary N) is 1. The van der Waals surface area contributed by atoms with Gasteiger partial charge in [0.15, 0.2) is 11.5 Å². The molecule has 2 aromatic carbocycles.